The van der Waals surface area contributed by atoms with Crippen LogP contribution in [0.5, 0.6) is 0 Å². The van der Waals surface area contributed by atoms with E-state index in [1.54, 1.807) is 6.92 Å². The number of nitrogens with one attached hydrogen (secondary N) is 1. The summed E-state index contributed by atoms with van der Waals surface area (Å²) in [5, 5.41) is 2.44. The van der Waals surface area contributed by atoms with Crippen LogP contribution in [-0.2, 0) is 9.53 Å². The van der Waals surface area contributed by atoms with E-state index < -0.39 is 23.7 Å². The molecule has 0 aliphatic carbocycles. The molecule has 3 N–H and O–H groups in total. The number of nitrogens with two attached hydrogens (primary N) is 1. The summed E-state index contributed by atoms with van der Waals surface area (Å²) < 4.78 is 17.6. The van der Waals surface area contributed by atoms with Gasteiger partial charge in [0, 0.05) is 5.69 Å². The SMILES string of the molecule is CCC(NC(=O)c1cc(F)ccc1N)C(=O)OC. The zero-order valence-corrected chi connectivity index (χ0v) is 10.2. The maximum Gasteiger partial charge on any atom is 0.328 e. The summed E-state index contributed by atoms with van der Waals surface area (Å²) in [5.41, 5.74) is 5.72. The van der Waals surface area contributed by atoms with E-state index in [9.17, 15) is 14.0 Å². The highest BCUT2D eigenvalue weighted by atomic mass is 19.1. The average molecular weight is 254 g/mol. The average Bonchev–Trinajstić information content (AvgIpc) is 2.37. The summed E-state index contributed by atoms with van der Waals surface area (Å²) in [6, 6.07) is 2.70. The third kappa shape index (κ3) is 3.19. The first-order chi connectivity index (χ1) is 8.49. The molecule has 1 atom stereocenters. The van der Waals surface area contributed by atoms with Crippen molar-refractivity contribution in [3.8, 4) is 0 Å². The van der Waals surface area contributed by atoms with Gasteiger partial charge >= 0.3 is 5.97 Å². The second kappa shape index (κ2) is 6.00. The van der Waals surface area contributed by atoms with Gasteiger partial charge < -0.3 is 15.8 Å². The van der Waals surface area contributed by atoms with Crippen molar-refractivity contribution in [3.05, 3.63) is 29.6 Å². The monoisotopic (exact) mass is 254 g/mol. The molecule has 0 spiro atoms. The van der Waals surface area contributed by atoms with Gasteiger partial charge in [0.2, 0.25) is 0 Å². The maximum atomic E-state index is 13.0. The molecule has 0 bridgehead atoms. The molecule has 1 rings (SSSR count). The molecule has 0 fully saturated rings. The molecule has 0 aliphatic heterocycles. The Morgan fingerprint density at radius 1 is 1.50 bits per heavy atom. The number of hydrogen-bond donors (Lipinski definition) is 2. The van der Waals surface area contributed by atoms with E-state index in [4.69, 9.17) is 5.73 Å². The number of rotatable bonds is 4. The topological polar surface area (TPSA) is 81.4 Å². The van der Waals surface area contributed by atoms with Crippen LogP contribution >= 0.6 is 0 Å². The van der Waals surface area contributed by atoms with Crippen molar-refractivity contribution in [3.63, 3.8) is 0 Å². The van der Waals surface area contributed by atoms with Gasteiger partial charge in [-0.25, -0.2) is 9.18 Å². The summed E-state index contributed by atoms with van der Waals surface area (Å²) in [5.74, 6) is -1.73. The number of nitrogen functional groups attached to an aromatic ring is 1. The fraction of sp³-hybridized carbons (Fsp3) is 0.333. The molecule has 1 unspecified atom stereocenters. The highest BCUT2D eigenvalue weighted by Crippen LogP contribution is 2.13. The lowest BCUT2D eigenvalue weighted by molar-refractivity contribution is -0.142. The molecule has 1 amide bonds. The number of anilines is 1. The van der Waals surface area contributed by atoms with Crippen LogP contribution in [0.3, 0.4) is 0 Å². The molecule has 6 heteroatoms. The number of esters is 1. The summed E-state index contributed by atoms with van der Waals surface area (Å²) in [6.45, 7) is 1.72. The van der Waals surface area contributed by atoms with Gasteiger partial charge in [-0.3, -0.25) is 4.79 Å². The van der Waals surface area contributed by atoms with Crippen LogP contribution in [0, 0.1) is 5.82 Å². The minimum Gasteiger partial charge on any atom is -0.467 e. The quantitative estimate of drug-likeness (QED) is 0.622. The summed E-state index contributed by atoms with van der Waals surface area (Å²) in [4.78, 5) is 23.2. The smallest absolute Gasteiger partial charge is 0.328 e. The predicted molar refractivity (Wildman–Crippen MR) is 64.4 cm³/mol. The minimum atomic E-state index is -0.773. The molecule has 5 nitrogen and oxygen atoms in total. The van der Waals surface area contributed by atoms with Crippen molar-refractivity contribution >= 4 is 17.6 Å². The van der Waals surface area contributed by atoms with Gasteiger partial charge in [-0.15, -0.1) is 0 Å². The van der Waals surface area contributed by atoms with Crippen molar-refractivity contribution in [1.82, 2.24) is 5.32 Å². The number of hydrogen-bond acceptors (Lipinski definition) is 4. The largest absolute Gasteiger partial charge is 0.467 e. The second-order valence-corrected chi connectivity index (χ2v) is 3.69. The lowest BCUT2D eigenvalue weighted by Crippen LogP contribution is -2.41. The fourth-order valence-corrected chi connectivity index (χ4v) is 1.43. The van der Waals surface area contributed by atoms with Crippen LogP contribution in [-0.4, -0.2) is 25.0 Å². The standard InChI is InChI=1S/C12H15FN2O3/c1-3-10(12(17)18-2)15-11(16)8-6-7(13)4-5-9(8)14/h4-6,10H,3,14H2,1-2H3,(H,15,16). The van der Waals surface area contributed by atoms with E-state index >= 15 is 0 Å². The van der Waals surface area contributed by atoms with Crippen molar-refractivity contribution < 1.29 is 18.7 Å². The predicted octanol–water partition coefficient (Wildman–Crippen LogP) is 1.09. The van der Waals surface area contributed by atoms with E-state index in [0.29, 0.717) is 6.42 Å². The van der Waals surface area contributed by atoms with Gasteiger partial charge in [0.05, 0.1) is 12.7 Å². The van der Waals surface area contributed by atoms with Crippen LogP contribution in [0.15, 0.2) is 18.2 Å². The molecule has 0 aliphatic rings. The molecule has 1 aromatic carbocycles. The van der Waals surface area contributed by atoms with Crippen molar-refractivity contribution in [2.24, 2.45) is 0 Å². The normalized spacial score (nSPS) is 11.7. The van der Waals surface area contributed by atoms with E-state index in [-0.39, 0.29) is 11.3 Å². The highest BCUT2D eigenvalue weighted by Gasteiger charge is 2.21. The lowest BCUT2D eigenvalue weighted by atomic mass is 10.1. The van der Waals surface area contributed by atoms with Crippen LogP contribution in [0.1, 0.15) is 23.7 Å². The third-order valence-corrected chi connectivity index (χ3v) is 2.46. The van der Waals surface area contributed by atoms with E-state index in [2.05, 4.69) is 10.1 Å². The molecular weight excluding hydrogens is 239 g/mol. The molecular formula is C12H15FN2O3. The van der Waals surface area contributed by atoms with Gasteiger partial charge in [0.1, 0.15) is 11.9 Å². The molecule has 0 heterocycles. The van der Waals surface area contributed by atoms with Crippen LogP contribution in [0.2, 0.25) is 0 Å². The number of carbonyl (C=O) groups excluding carboxylic acids is 2. The third-order valence-electron chi connectivity index (χ3n) is 2.46. The number of methoxy groups -OCH3 is 1. The van der Waals surface area contributed by atoms with Gasteiger partial charge in [-0.1, -0.05) is 6.92 Å². The van der Waals surface area contributed by atoms with Gasteiger partial charge in [-0.05, 0) is 24.6 Å². The summed E-state index contributed by atoms with van der Waals surface area (Å²) in [6.07, 6.45) is 0.369. The van der Waals surface area contributed by atoms with Gasteiger partial charge in [-0.2, -0.15) is 0 Å². The van der Waals surface area contributed by atoms with Crippen LogP contribution in [0.25, 0.3) is 0 Å². The molecule has 0 radical (unpaired) electrons. The molecule has 0 saturated heterocycles. The zero-order chi connectivity index (χ0) is 13.7. The Bertz CT molecular complexity index is 463. The second-order valence-electron chi connectivity index (χ2n) is 3.69. The van der Waals surface area contributed by atoms with E-state index in [1.165, 1.54) is 13.2 Å². The first-order valence-corrected chi connectivity index (χ1v) is 5.43. The first kappa shape index (κ1) is 14.0. The van der Waals surface area contributed by atoms with Crippen molar-refractivity contribution in [2.75, 3.05) is 12.8 Å². The number of halogens is 1. The number of ether oxygens (including phenoxy) is 1. The Morgan fingerprint density at radius 3 is 2.72 bits per heavy atom. The maximum absolute atomic E-state index is 13.0. The Balaban J connectivity index is 2.87. The van der Waals surface area contributed by atoms with Crippen LogP contribution < -0.4 is 11.1 Å². The molecule has 0 saturated carbocycles. The fourth-order valence-electron chi connectivity index (χ4n) is 1.43. The molecule has 98 valence electrons. The Morgan fingerprint density at radius 2 is 2.17 bits per heavy atom. The first-order valence-electron chi connectivity index (χ1n) is 5.43. The zero-order valence-electron chi connectivity index (χ0n) is 10.2. The van der Waals surface area contributed by atoms with E-state index in [1.807, 2.05) is 0 Å². The highest BCUT2D eigenvalue weighted by molar-refractivity contribution is 6.00. The minimum absolute atomic E-state index is 0.00245. The van der Waals surface area contributed by atoms with Gasteiger partial charge in [0.15, 0.2) is 0 Å². The number of carbonyl (C=O) groups is 2. The Kier molecular flexibility index (Phi) is 4.65. The van der Waals surface area contributed by atoms with Crippen molar-refractivity contribution in [1.29, 1.82) is 0 Å². The molecule has 0 aromatic heterocycles. The molecule has 18 heavy (non-hydrogen) atoms. The Labute approximate surface area is 104 Å². The van der Waals surface area contributed by atoms with E-state index in [0.717, 1.165) is 12.1 Å². The summed E-state index contributed by atoms with van der Waals surface area (Å²) >= 11 is 0. The number of amides is 1. The summed E-state index contributed by atoms with van der Waals surface area (Å²) in [7, 11) is 1.23. The lowest BCUT2D eigenvalue weighted by Gasteiger charge is -2.15. The number of benzene rings is 1. The Hall–Kier alpha value is -2.11. The van der Waals surface area contributed by atoms with Gasteiger partial charge in [0.25, 0.3) is 5.91 Å². The van der Waals surface area contributed by atoms with Crippen molar-refractivity contribution in [2.45, 2.75) is 19.4 Å². The van der Waals surface area contributed by atoms with Crippen LogP contribution in [0.4, 0.5) is 10.1 Å². The molecule has 1 aromatic rings.